The van der Waals surface area contributed by atoms with Gasteiger partial charge in [0.2, 0.25) is 0 Å². The number of hydrogen-bond acceptors (Lipinski definition) is 2. The van der Waals surface area contributed by atoms with Gasteiger partial charge >= 0.3 is 0 Å². The second-order valence-corrected chi connectivity index (χ2v) is 2.63. The minimum Gasteiger partial charge on any atom is -0.321 e. The molecule has 3 N–H and O–H groups in total. The van der Waals surface area contributed by atoms with Crippen molar-refractivity contribution < 1.29 is 4.39 Å². The van der Waals surface area contributed by atoms with Crippen molar-refractivity contribution >= 4 is 29.7 Å². The van der Waals surface area contributed by atoms with E-state index in [1.54, 1.807) is 6.92 Å². The molecule has 0 heterocycles. The lowest BCUT2D eigenvalue weighted by Crippen LogP contribution is -2.08. The van der Waals surface area contributed by atoms with Crippen molar-refractivity contribution in [3.63, 3.8) is 0 Å². The third-order valence-electron chi connectivity index (χ3n) is 1.40. The van der Waals surface area contributed by atoms with Gasteiger partial charge in [0, 0.05) is 5.02 Å². The van der Waals surface area contributed by atoms with Crippen LogP contribution in [0.25, 0.3) is 0 Å². The van der Waals surface area contributed by atoms with Crippen LogP contribution in [0.1, 0.15) is 5.56 Å². The van der Waals surface area contributed by atoms with Crippen LogP contribution in [0.15, 0.2) is 12.1 Å². The third kappa shape index (κ3) is 2.24. The number of nitrogens with two attached hydrogens (primary N) is 1. The molecule has 1 aromatic rings. The van der Waals surface area contributed by atoms with E-state index in [4.69, 9.17) is 17.4 Å². The number of nitrogen functional groups attached to an aromatic ring is 1. The molecule has 0 aliphatic heterocycles. The van der Waals surface area contributed by atoms with Gasteiger partial charge in [-0.05, 0) is 24.6 Å². The van der Waals surface area contributed by atoms with Gasteiger partial charge in [-0.15, -0.1) is 12.4 Å². The molecule has 0 aliphatic rings. The van der Waals surface area contributed by atoms with Crippen LogP contribution in [0.4, 0.5) is 10.1 Å². The molecule has 2 nitrogen and oxygen atoms in total. The average Bonchev–Trinajstić information content (AvgIpc) is 1.97. The summed E-state index contributed by atoms with van der Waals surface area (Å²) < 4.78 is 12.8. The highest BCUT2D eigenvalue weighted by Gasteiger charge is 2.03. The van der Waals surface area contributed by atoms with Crippen molar-refractivity contribution in [3.05, 3.63) is 28.5 Å². The van der Waals surface area contributed by atoms with Crippen LogP contribution in [-0.4, -0.2) is 0 Å². The fourth-order valence-electron chi connectivity index (χ4n) is 0.757. The number of nitrogens with one attached hydrogen (secondary N) is 1. The number of anilines is 1. The maximum absolute atomic E-state index is 12.8. The molecule has 0 aromatic heterocycles. The lowest BCUT2D eigenvalue weighted by Gasteiger charge is -2.03. The molecule has 0 spiro atoms. The van der Waals surface area contributed by atoms with Gasteiger partial charge in [0.25, 0.3) is 0 Å². The Balaban J connectivity index is 0.00000121. The summed E-state index contributed by atoms with van der Waals surface area (Å²) >= 11 is 5.70. The van der Waals surface area contributed by atoms with Gasteiger partial charge in [-0.2, -0.15) is 0 Å². The first-order chi connectivity index (χ1) is 5.15. The molecule has 0 bridgehead atoms. The van der Waals surface area contributed by atoms with Crippen molar-refractivity contribution in [2.45, 2.75) is 6.92 Å². The van der Waals surface area contributed by atoms with Gasteiger partial charge in [0.05, 0.1) is 5.69 Å². The zero-order valence-corrected chi connectivity index (χ0v) is 7.97. The summed E-state index contributed by atoms with van der Waals surface area (Å²) in [6, 6.07) is 2.78. The fourth-order valence-corrected chi connectivity index (χ4v) is 0.921. The number of benzene rings is 1. The highest BCUT2D eigenvalue weighted by molar-refractivity contribution is 6.31. The highest BCUT2D eigenvalue weighted by Crippen LogP contribution is 2.22. The summed E-state index contributed by atoms with van der Waals surface area (Å²) in [6.45, 7) is 1.73. The lowest BCUT2D eigenvalue weighted by atomic mass is 10.2. The Labute approximate surface area is 81.3 Å². The van der Waals surface area contributed by atoms with E-state index in [-0.39, 0.29) is 18.1 Å². The van der Waals surface area contributed by atoms with Gasteiger partial charge in [-0.25, -0.2) is 4.39 Å². The Morgan fingerprint density at radius 3 is 2.58 bits per heavy atom. The van der Waals surface area contributed by atoms with Gasteiger partial charge in [-0.3, -0.25) is 5.84 Å². The first-order valence-corrected chi connectivity index (χ1v) is 3.45. The average molecular weight is 211 g/mol. The van der Waals surface area contributed by atoms with Crippen molar-refractivity contribution in [1.82, 2.24) is 0 Å². The largest absolute Gasteiger partial charge is 0.321 e. The number of aryl methyl sites for hydroxylation is 1. The quantitative estimate of drug-likeness (QED) is 0.553. The molecule has 0 amide bonds. The van der Waals surface area contributed by atoms with Crippen molar-refractivity contribution in [2.24, 2.45) is 5.84 Å². The fraction of sp³-hybridized carbons (Fsp3) is 0.143. The van der Waals surface area contributed by atoms with Gasteiger partial charge in [0.1, 0.15) is 5.82 Å². The van der Waals surface area contributed by atoms with Gasteiger partial charge in [-0.1, -0.05) is 11.6 Å². The Morgan fingerprint density at radius 1 is 1.50 bits per heavy atom. The molecule has 1 rings (SSSR count). The third-order valence-corrected chi connectivity index (χ3v) is 1.81. The standard InChI is InChI=1S/C7H8ClFN2.ClH/c1-4-2-6(9)7(11-10)3-5(4)8;/h2-3,11H,10H2,1H3;1H. The maximum atomic E-state index is 12.8. The summed E-state index contributed by atoms with van der Waals surface area (Å²) in [5, 5.41) is 0.499. The van der Waals surface area contributed by atoms with Crippen molar-refractivity contribution in [2.75, 3.05) is 5.43 Å². The predicted molar refractivity (Wildman–Crippen MR) is 51.2 cm³/mol. The number of rotatable bonds is 1. The first kappa shape index (κ1) is 11.5. The number of hydrazine groups is 1. The molecule has 0 unspecified atom stereocenters. The lowest BCUT2D eigenvalue weighted by molar-refractivity contribution is 0.629. The van der Waals surface area contributed by atoms with Crippen molar-refractivity contribution in [1.29, 1.82) is 0 Å². The molecule has 12 heavy (non-hydrogen) atoms. The number of hydrogen-bond donors (Lipinski definition) is 2. The van der Waals surface area contributed by atoms with Gasteiger partial charge < -0.3 is 5.43 Å². The van der Waals surface area contributed by atoms with Crippen LogP contribution in [0.5, 0.6) is 0 Å². The minimum atomic E-state index is -0.394. The van der Waals surface area contributed by atoms with E-state index in [0.29, 0.717) is 10.6 Å². The van der Waals surface area contributed by atoms with E-state index >= 15 is 0 Å². The molecular formula is C7H9Cl2FN2. The van der Waals surface area contributed by atoms with E-state index in [9.17, 15) is 4.39 Å². The van der Waals surface area contributed by atoms with Crippen LogP contribution in [0.3, 0.4) is 0 Å². The molecule has 68 valence electrons. The van der Waals surface area contributed by atoms with Gasteiger partial charge in [0.15, 0.2) is 0 Å². The first-order valence-electron chi connectivity index (χ1n) is 3.07. The van der Waals surface area contributed by atoms with Crippen LogP contribution in [-0.2, 0) is 0 Å². The molecule has 0 atom stereocenters. The molecule has 1 aromatic carbocycles. The van der Waals surface area contributed by atoms with Crippen molar-refractivity contribution in [3.8, 4) is 0 Å². The summed E-state index contributed by atoms with van der Waals surface area (Å²) in [5.41, 5.74) is 3.11. The minimum absolute atomic E-state index is 0. The molecule has 0 fully saturated rings. The summed E-state index contributed by atoms with van der Waals surface area (Å²) in [4.78, 5) is 0. The van der Waals surface area contributed by atoms with E-state index < -0.39 is 5.82 Å². The van der Waals surface area contributed by atoms with Crippen LogP contribution in [0, 0.1) is 12.7 Å². The van der Waals surface area contributed by atoms with Crippen LogP contribution in [0.2, 0.25) is 5.02 Å². The normalized spacial score (nSPS) is 9.00. The molecule has 0 saturated carbocycles. The SMILES string of the molecule is Cc1cc(F)c(NN)cc1Cl.Cl. The van der Waals surface area contributed by atoms with Crippen LogP contribution < -0.4 is 11.3 Å². The molecule has 0 saturated heterocycles. The molecular weight excluding hydrogens is 202 g/mol. The van der Waals surface area contributed by atoms with E-state index in [1.807, 2.05) is 0 Å². The van der Waals surface area contributed by atoms with E-state index in [2.05, 4.69) is 5.43 Å². The van der Waals surface area contributed by atoms with E-state index in [1.165, 1.54) is 12.1 Å². The van der Waals surface area contributed by atoms with E-state index in [0.717, 1.165) is 0 Å². The zero-order valence-electron chi connectivity index (χ0n) is 6.40. The highest BCUT2D eigenvalue weighted by atomic mass is 35.5. The number of halogens is 3. The second-order valence-electron chi connectivity index (χ2n) is 2.23. The summed E-state index contributed by atoms with van der Waals surface area (Å²) in [5.74, 6) is 4.63. The predicted octanol–water partition coefficient (Wildman–Crippen LogP) is 2.49. The van der Waals surface area contributed by atoms with Crippen LogP contribution >= 0.6 is 24.0 Å². The summed E-state index contributed by atoms with van der Waals surface area (Å²) in [6.07, 6.45) is 0. The summed E-state index contributed by atoms with van der Waals surface area (Å²) in [7, 11) is 0. The smallest absolute Gasteiger partial charge is 0.147 e. The zero-order chi connectivity index (χ0) is 8.43. The topological polar surface area (TPSA) is 38.0 Å². The Bertz CT molecular complexity index is 278. The molecule has 0 radical (unpaired) electrons. The Hall–Kier alpha value is -0.510. The second kappa shape index (κ2) is 4.50. The monoisotopic (exact) mass is 210 g/mol. The Morgan fingerprint density at radius 2 is 2.08 bits per heavy atom. The molecule has 0 aliphatic carbocycles. The Kier molecular flexibility index (Phi) is 4.31. The maximum Gasteiger partial charge on any atom is 0.147 e. The molecule has 5 heteroatoms.